The summed E-state index contributed by atoms with van der Waals surface area (Å²) in [5.41, 5.74) is 1.04. The van der Waals surface area contributed by atoms with Gasteiger partial charge in [0.1, 0.15) is 5.82 Å². The minimum absolute atomic E-state index is 0.735. The quantitative estimate of drug-likeness (QED) is 0.638. The maximum absolute atomic E-state index is 5.85. The van der Waals surface area contributed by atoms with E-state index in [1.165, 1.54) is 19.3 Å². The van der Waals surface area contributed by atoms with Gasteiger partial charge in [0.15, 0.2) is 11.5 Å². The summed E-state index contributed by atoms with van der Waals surface area (Å²) in [6.07, 6.45) is 8.61. The number of unbranched alkanes of at least 4 members (excludes halogenated alkanes) is 3. The lowest BCUT2D eigenvalue weighted by Gasteiger charge is -2.12. The number of rotatable bonds is 9. The predicted molar refractivity (Wildman–Crippen MR) is 89.5 cm³/mol. The molecule has 0 aliphatic heterocycles. The van der Waals surface area contributed by atoms with Gasteiger partial charge in [0, 0.05) is 24.5 Å². The molecule has 1 aromatic heterocycles. The van der Waals surface area contributed by atoms with Crippen LogP contribution in [0.3, 0.4) is 0 Å². The van der Waals surface area contributed by atoms with Gasteiger partial charge in [-0.2, -0.15) is 0 Å². The molecular weight excluding hydrogens is 276 g/mol. The smallest absolute Gasteiger partial charge is 0.161 e. The Labute approximate surface area is 133 Å². The monoisotopic (exact) mass is 302 g/mol. The SMILES string of the molecule is CCCCCCOc1ccc(-c2nccn2CC)cc1OC. The fraction of sp³-hybridized carbons (Fsp3) is 0.500. The largest absolute Gasteiger partial charge is 0.493 e. The number of methoxy groups -OCH3 is 1. The van der Waals surface area contributed by atoms with Gasteiger partial charge in [-0.05, 0) is 31.5 Å². The minimum Gasteiger partial charge on any atom is -0.493 e. The molecule has 0 spiro atoms. The van der Waals surface area contributed by atoms with E-state index in [1.54, 1.807) is 7.11 Å². The van der Waals surface area contributed by atoms with Crippen molar-refractivity contribution in [2.45, 2.75) is 46.1 Å². The second kappa shape index (κ2) is 8.47. The average Bonchev–Trinajstić information content (AvgIpc) is 3.03. The number of nitrogens with zero attached hydrogens (tertiary/aromatic N) is 2. The van der Waals surface area contributed by atoms with Gasteiger partial charge in [0.05, 0.1) is 13.7 Å². The van der Waals surface area contributed by atoms with Gasteiger partial charge >= 0.3 is 0 Å². The summed E-state index contributed by atoms with van der Waals surface area (Å²) >= 11 is 0. The maximum Gasteiger partial charge on any atom is 0.161 e. The molecule has 0 bridgehead atoms. The van der Waals surface area contributed by atoms with Gasteiger partial charge in [0.25, 0.3) is 0 Å². The van der Waals surface area contributed by atoms with Crippen LogP contribution in [0.15, 0.2) is 30.6 Å². The lowest BCUT2D eigenvalue weighted by molar-refractivity contribution is 0.285. The van der Waals surface area contributed by atoms with Crippen LogP contribution in [0.25, 0.3) is 11.4 Å². The van der Waals surface area contributed by atoms with Crippen LogP contribution in [0.2, 0.25) is 0 Å². The molecule has 2 aromatic rings. The van der Waals surface area contributed by atoms with E-state index in [9.17, 15) is 0 Å². The van der Waals surface area contributed by atoms with Crippen molar-refractivity contribution >= 4 is 0 Å². The zero-order valence-electron chi connectivity index (χ0n) is 13.8. The normalized spacial score (nSPS) is 10.7. The van der Waals surface area contributed by atoms with Crippen LogP contribution in [0, 0.1) is 0 Å². The van der Waals surface area contributed by atoms with Crippen LogP contribution in [0.1, 0.15) is 39.5 Å². The highest BCUT2D eigenvalue weighted by atomic mass is 16.5. The third-order valence-electron chi connectivity index (χ3n) is 3.73. The molecule has 0 radical (unpaired) electrons. The van der Waals surface area contributed by atoms with Crippen molar-refractivity contribution in [2.24, 2.45) is 0 Å². The Balaban J connectivity index is 2.07. The molecule has 0 aliphatic carbocycles. The van der Waals surface area contributed by atoms with E-state index in [0.717, 1.165) is 42.5 Å². The lowest BCUT2D eigenvalue weighted by atomic mass is 10.2. The number of aromatic nitrogens is 2. The molecule has 0 saturated carbocycles. The Hall–Kier alpha value is -1.97. The second-order valence-corrected chi connectivity index (χ2v) is 5.31. The van der Waals surface area contributed by atoms with Gasteiger partial charge in [0.2, 0.25) is 0 Å². The molecule has 0 atom stereocenters. The first kappa shape index (κ1) is 16.4. The first-order chi connectivity index (χ1) is 10.8. The van der Waals surface area contributed by atoms with Crippen molar-refractivity contribution in [3.05, 3.63) is 30.6 Å². The van der Waals surface area contributed by atoms with Gasteiger partial charge in [-0.3, -0.25) is 0 Å². The number of hydrogen-bond acceptors (Lipinski definition) is 3. The van der Waals surface area contributed by atoms with Crippen LogP contribution >= 0.6 is 0 Å². The van der Waals surface area contributed by atoms with E-state index in [1.807, 2.05) is 30.6 Å². The van der Waals surface area contributed by atoms with Crippen LogP contribution in [-0.4, -0.2) is 23.3 Å². The Morgan fingerprint density at radius 1 is 1.09 bits per heavy atom. The fourth-order valence-electron chi connectivity index (χ4n) is 2.46. The Morgan fingerprint density at radius 3 is 2.68 bits per heavy atom. The van der Waals surface area contributed by atoms with E-state index in [0.29, 0.717) is 0 Å². The molecule has 0 saturated heterocycles. The van der Waals surface area contributed by atoms with Gasteiger partial charge < -0.3 is 14.0 Å². The molecular formula is C18H26N2O2. The molecule has 1 heterocycles. The number of hydrogen-bond donors (Lipinski definition) is 0. The molecule has 0 unspecified atom stereocenters. The predicted octanol–water partition coefficient (Wildman–Crippen LogP) is 4.54. The zero-order chi connectivity index (χ0) is 15.8. The van der Waals surface area contributed by atoms with Crippen LogP contribution in [0.4, 0.5) is 0 Å². The van der Waals surface area contributed by atoms with E-state index in [2.05, 4.69) is 23.4 Å². The van der Waals surface area contributed by atoms with Crippen molar-refractivity contribution in [1.29, 1.82) is 0 Å². The van der Waals surface area contributed by atoms with Crippen molar-refractivity contribution in [2.75, 3.05) is 13.7 Å². The molecule has 0 amide bonds. The molecule has 0 aliphatic rings. The molecule has 0 fully saturated rings. The first-order valence-corrected chi connectivity index (χ1v) is 8.12. The van der Waals surface area contributed by atoms with Crippen molar-refractivity contribution in [1.82, 2.24) is 9.55 Å². The van der Waals surface area contributed by atoms with Crippen LogP contribution in [0.5, 0.6) is 11.5 Å². The second-order valence-electron chi connectivity index (χ2n) is 5.31. The zero-order valence-corrected chi connectivity index (χ0v) is 13.8. The molecule has 1 aromatic carbocycles. The van der Waals surface area contributed by atoms with E-state index >= 15 is 0 Å². The molecule has 0 N–H and O–H groups in total. The minimum atomic E-state index is 0.735. The number of aryl methyl sites for hydroxylation is 1. The third kappa shape index (κ3) is 4.03. The molecule has 120 valence electrons. The van der Waals surface area contributed by atoms with Crippen molar-refractivity contribution < 1.29 is 9.47 Å². The average molecular weight is 302 g/mol. The number of imidazole rings is 1. The van der Waals surface area contributed by atoms with Gasteiger partial charge in [-0.15, -0.1) is 0 Å². The molecule has 2 rings (SSSR count). The van der Waals surface area contributed by atoms with Gasteiger partial charge in [-0.25, -0.2) is 4.98 Å². The van der Waals surface area contributed by atoms with E-state index in [4.69, 9.17) is 9.47 Å². The van der Waals surface area contributed by atoms with Crippen LogP contribution in [-0.2, 0) is 6.54 Å². The highest BCUT2D eigenvalue weighted by molar-refractivity contribution is 5.61. The topological polar surface area (TPSA) is 36.3 Å². The van der Waals surface area contributed by atoms with Gasteiger partial charge in [-0.1, -0.05) is 26.2 Å². The van der Waals surface area contributed by atoms with Crippen molar-refractivity contribution in [3.63, 3.8) is 0 Å². The molecule has 4 nitrogen and oxygen atoms in total. The Bertz CT molecular complexity index is 578. The summed E-state index contributed by atoms with van der Waals surface area (Å²) < 4.78 is 13.4. The maximum atomic E-state index is 5.85. The molecule has 22 heavy (non-hydrogen) atoms. The number of benzene rings is 1. The standard InChI is InChI=1S/C18H26N2O2/c1-4-6-7-8-13-22-16-10-9-15(14-17(16)21-3)18-19-11-12-20(18)5-2/h9-12,14H,4-8,13H2,1-3H3. The first-order valence-electron chi connectivity index (χ1n) is 8.12. The highest BCUT2D eigenvalue weighted by Gasteiger charge is 2.10. The summed E-state index contributed by atoms with van der Waals surface area (Å²) in [6, 6.07) is 6.01. The Morgan fingerprint density at radius 2 is 1.95 bits per heavy atom. The number of ether oxygens (including phenoxy) is 2. The third-order valence-corrected chi connectivity index (χ3v) is 3.73. The van der Waals surface area contributed by atoms with Crippen LogP contribution < -0.4 is 9.47 Å². The molecule has 4 heteroatoms. The summed E-state index contributed by atoms with van der Waals surface area (Å²) in [7, 11) is 1.68. The summed E-state index contributed by atoms with van der Waals surface area (Å²) in [5, 5.41) is 0. The summed E-state index contributed by atoms with van der Waals surface area (Å²) in [5.74, 6) is 2.52. The fourth-order valence-corrected chi connectivity index (χ4v) is 2.46. The highest BCUT2D eigenvalue weighted by Crippen LogP contribution is 2.32. The Kier molecular flexibility index (Phi) is 6.31. The lowest BCUT2D eigenvalue weighted by Crippen LogP contribution is -2.00. The summed E-state index contributed by atoms with van der Waals surface area (Å²) in [4.78, 5) is 4.42. The van der Waals surface area contributed by atoms with E-state index < -0.39 is 0 Å². The van der Waals surface area contributed by atoms with Crippen molar-refractivity contribution in [3.8, 4) is 22.9 Å². The summed E-state index contributed by atoms with van der Waals surface area (Å²) in [6.45, 7) is 5.95. The van der Waals surface area contributed by atoms with E-state index in [-0.39, 0.29) is 0 Å².